The van der Waals surface area contributed by atoms with Gasteiger partial charge in [0.25, 0.3) is 0 Å². The van der Waals surface area contributed by atoms with Crippen LogP contribution in [0.2, 0.25) is 0 Å². The summed E-state index contributed by atoms with van der Waals surface area (Å²) < 4.78 is 32.7. The third-order valence-corrected chi connectivity index (χ3v) is 5.63. The summed E-state index contributed by atoms with van der Waals surface area (Å²) in [6.45, 7) is 4.57. The lowest BCUT2D eigenvalue weighted by atomic mass is 9.99. The Morgan fingerprint density at radius 3 is 2.71 bits per heavy atom. The van der Waals surface area contributed by atoms with E-state index in [4.69, 9.17) is 10.5 Å². The molecule has 0 aliphatic carbocycles. The van der Waals surface area contributed by atoms with Crippen molar-refractivity contribution in [1.82, 2.24) is 14.1 Å². The minimum absolute atomic E-state index is 0.0120. The summed E-state index contributed by atoms with van der Waals surface area (Å²) in [7, 11) is -2.45. The molecule has 0 radical (unpaired) electrons. The molecule has 2 N–H and O–H groups in total. The van der Waals surface area contributed by atoms with Gasteiger partial charge in [-0.05, 0) is 12.8 Å². The van der Waals surface area contributed by atoms with Gasteiger partial charge in [-0.2, -0.15) is 9.40 Å². The van der Waals surface area contributed by atoms with Crippen molar-refractivity contribution in [3.05, 3.63) is 6.20 Å². The fraction of sp³-hybridized carbons (Fsp3) is 0.667. The number of ether oxygens (including phenoxy) is 1. The first-order valence-corrected chi connectivity index (χ1v) is 8.16. The van der Waals surface area contributed by atoms with E-state index in [1.54, 1.807) is 0 Å². The second-order valence-electron chi connectivity index (χ2n) is 5.16. The molecule has 1 aromatic rings. The fourth-order valence-corrected chi connectivity index (χ4v) is 4.12. The van der Waals surface area contributed by atoms with Crippen molar-refractivity contribution in [3.63, 3.8) is 0 Å². The number of aromatic nitrogens is 2. The van der Waals surface area contributed by atoms with E-state index in [9.17, 15) is 13.2 Å². The van der Waals surface area contributed by atoms with E-state index in [1.807, 2.05) is 13.8 Å². The van der Waals surface area contributed by atoms with Gasteiger partial charge in [-0.1, -0.05) is 6.92 Å². The van der Waals surface area contributed by atoms with Crippen molar-refractivity contribution in [2.45, 2.75) is 25.3 Å². The molecule has 8 nitrogen and oxygen atoms in total. The van der Waals surface area contributed by atoms with Crippen LogP contribution < -0.4 is 5.73 Å². The van der Waals surface area contributed by atoms with Crippen LogP contribution in [0.15, 0.2) is 11.1 Å². The van der Waals surface area contributed by atoms with Crippen LogP contribution in [-0.4, -0.2) is 48.7 Å². The number of anilines is 1. The largest absolute Gasteiger partial charge is 0.469 e. The topological polar surface area (TPSA) is 108 Å². The Morgan fingerprint density at radius 1 is 1.52 bits per heavy atom. The lowest BCUT2D eigenvalue weighted by Crippen LogP contribution is -2.30. The van der Waals surface area contributed by atoms with E-state index in [1.165, 1.54) is 22.3 Å². The third-order valence-electron chi connectivity index (χ3n) is 3.78. The SMILES string of the molecule is CCn1cc(S(=O)(=O)N2CC(C)C(C(=O)OC)C2)c(N)n1. The first-order valence-electron chi connectivity index (χ1n) is 6.72. The first-order chi connectivity index (χ1) is 9.81. The van der Waals surface area contributed by atoms with Crippen LogP contribution in [0.25, 0.3) is 0 Å². The van der Waals surface area contributed by atoms with Gasteiger partial charge >= 0.3 is 5.97 Å². The Hall–Kier alpha value is -1.61. The van der Waals surface area contributed by atoms with E-state index in [-0.39, 0.29) is 29.7 Å². The fourth-order valence-electron chi connectivity index (χ4n) is 2.49. The highest BCUT2D eigenvalue weighted by Crippen LogP contribution is 2.30. The van der Waals surface area contributed by atoms with Gasteiger partial charge in [0.15, 0.2) is 5.82 Å². The van der Waals surface area contributed by atoms with E-state index in [0.29, 0.717) is 6.54 Å². The second-order valence-corrected chi connectivity index (χ2v) is 7.07. The molecule has 21 heavy (non-hydrogen) atoms. The summed E-state index contributed by atoms with van der Waals surface area (Å²) in [6.07, 6.45) is 1.42. The molecule has 1 aromatic heterocycles. The number of nitrogens with two attached hydrogens (primary N) is 1. The molecule has 0 bridgehead atoms. The van der Waals surface area contributed by atoms with Crippen LogP contribution in [0.1, 0.15) is 13.8 Å². The van der Waals surface area contributed by atoms with Crippen LogP contribution >= 0.6 is 0 Å². The molecule has 0 aromatic carbocycles. The van der Waals surface area contributed by atoms with Crippen LogP contribution in [0.3, 0.4) is 0 Å². The van der Waals surface area contributed by atoms with Gasteiger partial charge in [0.1, 0.15) is 4.90 Å². The third kappa shape index (κ3) is 2.75. The normalized spacial score (nSPS) is 23.4. The second kappa shape index (κ2) is 5.64. The number of aryl methyl sites for hydroxylation is 1. The molecular weight excluding hydrogens is 296 g/mol. The number of hydrogen-bond donors (Lipinski definition) is 1. The molecule has 2 atom stereocenters. The maximum atomic E-state index is 12.6. The molecule has 1 fully saturated rings. The van der Waals surface area contributed by atoms with Crippen molar-refractivity contribution in [3.8, 4) is 0 Å². The molecular formula is C12H20N4O4S. The molecule has 1 saturated heterocycles. The number of nitrogens with zero attached hydrogens (tertiary/aromatic N) is 3. The Balaban J connectivity index is 2.29. The van der Waals surface area contributed by atoms with Gasteiger partial charge in [-0.25, -0.2) is 8.42 Å². The highest BCUT2D eigenvalue weighted by Gasteiger charge is 2.42. The standard InChI is InChI=1S/C12H20N4O4S/c1-4-15-7-10(11(13)14-15)21(18,19)16-5-8(2)9(6-16)12(17)20-3/h7-9H,4-6H2,1-3H3,(H2,13,14). The average Bonchev–Trinajstić information content (AvgIpc) is 3.01. The van der Waals surface area contributed by atoms with E-state index < -0.39 is 21.9 Å². The zero-order valence-electron chi connectivity index (χ0n) is 12.3. The van der Waals surface area contributed by atoms with Crippen LogP contribution in [0.4, 0.5) is 5.82 Å². The molecule has 0 saturated carbocycles. The number of sulfonamides is 1. The van der Waals surface area contributed by atoms with Gasteiger partial charge in [0.05, 0.1) is 13.0 Å². The lowest BCUT2D eigenvalue weighted by molar-refractivity contribution is -0.145. The predicted molar refractivity (Wildman–Crippen MR) is 75.7 cm³/mol. The summed E-state index contributed by atoms with van der Waals surface area (Å²) in [4.78, 5) is 11.7. The van der Waals surface area contributed by atoms with Gasteiger partial charge in [-0.15, -0.1) is 0 Å². The van der Waals surface area contributed by atoms with Crippen LogP contribution in [0.5, 0.6) is 0 Å². The summed E-state index contributed by atoms with van der Waals surface area (Å²) in [5.74, 6) is -0.967. The first kappa shape index (κ1) is 15.8. The Morgan fingerprint density at radius 2 is 2.19 bits per heavy atom. The van der Waals surface area contributed by atoms with Crippen molar-refractivity contribution in [2.75, 3.05) is 25.9 Å². The van der Waals surface area contributed by atoms with Crippen molar-refractivity contribution >= 4 is 21.8 Å². The molecule has 118 valence electrons. The van der Waals surface area contributed by atoms with E-state index in [0.717, 1.165) is 0 Å². The summed E-state index contributed by atoms with van der Waals surface area (Å²) in [5.41, 5.74) is 5.70. The quantitative estimate of drug-likeness (QED) is 0.778. The summed E-state index contributed by atoms with van der Waals surface area (Å²) >= 11 is 0. The van der Waals surface area contributed by atoms with Crippen molar-refractivity contribution in [2.24, 2.45) is 11.8 Å². The predicted octanol–water partition coefficient (Wildman–Crippen LogP) is -0.0852. The van der Waals surface area contributed by atoms with Gasteiger partial charge in [-0.3, -0.25) is 9.48 Å². The van der Waals surface area contributed by atoms with Crippen molar-refractivity contribution in [1.29, 1.82) is 0 Å². The number of nitrogen functional groups attached to an aromatic ring is 1. The van der Waals surface area contributed by atoms with Gasteiger partial charge in [0.2, 0.25) is 10.0 Å². The Labute approximate surface area is 123 Å². The maximum Gasteiger partial charge on any atom is 0.310 e. The van der Waals surface area contributed by atoms with Gasteiger partial charge < -0.3 is 10.5 Å². The van der Waals surface area contributed by atoms with Crippen molar-refractivity contribution < 1.29 is 17.9 Å². The Bertz CT molecular complexity index is 640. The van der Waals surface area contributed by atoms with Crippen LogP contribution in [-0.2, 0) is 26.1 Å². The lowest BCUT2D eigenvalue weighted by Gasteiger charge is -2.15. The van der Waals surface area contributed by atoms with Crippen LogP contribution in [0, 0.1) is 11.8 Å². The molecule has 2 rings (SSSR count). The zero-order valence-corrected chi connectivity index (χ0v) is 13.1. The van der Waals surface area contributed by atoms with Gasteiger partial charge in [0, 0.05) is 25.8 Å². The molecule has 2 heterocycles. The molecule has 0 amide bonds. The number of esters is 1. The number of carbonyl (C=O) groups is 1. The van der Waals surface area contributed by atoms with E-state index >= 15 is 0 Å². The molecule has 1 aliphatic heterocycles. The average molecular weight is 316 g/mol. The monoisotopic (exact) mass is 316 g/mol. The smallest absolute Gasteiger partial charge is 0.310 e. The number of rotatable bonds is 4. The number of carbonyl (C=O) groups excluding carboxylic acids is 1. The number of hydrogen-bond acceptors (Lipinski definition) is 6. The molecule has 1 aliphatic rings. The highest BCUT2D eigenvalue weighted by atomic mass is 32.2. The minimum Gasteiger partial charge on any atom is -0.469 e. The maximum absolute atomic E-state index is 12.6. The highest BCUT2D eigenvalue weighted by molar-refractivity contribution is 7.89. The summed E-state index contributed by atoms with van der Waals surface area (Å²) in [6, 6.07) is 0. The molecule has 0 spiro atoms. The molecule has 9 heteroatoms. The summed E-state index contributed by atoms with van der Waals surface area (Å²) in [5, 5.41) is 3.95. The van der Waals surface area contributed by atoms with E-state index in [2.05, 4.69) is 5.10 Å². The number of methoxy groups -OCH3 is 1. The zero-order chi connectivity index (χ0) is 15.8. The minimum atomic E-state index is -3.75. The Kier molecular flexibility index (Phi) is 4.24. The molecule has 2 unspecified atom stereocenters.